The minimum Gasteiger partial charge on any atom is -0.381 e. The van der Waals surface area contributed by atoms with Crippen LogP contribution in [0.1, 0.15) is 24.8 Å². The Morgan fingerprint density at radius 1 is 1.36 bits per heavy atom. The van der Waals surface area contributed by atoms with Gasteiger partial charge in [-0.1, -0.05) is 30.3 Å². The maximum absolute atomic E-state index is 12.8. The van der Waals surface area contributed by atoms with Crippen LogP contribution in [0, 0.1) is 5.92 Å². The summed E-state index contributed by atoms with van der Waals surface area (Å²) in [7, 11) is 0. The van der Waals surface area contributed by atoms with Gasteiger partial charge in [0.2, 0.25) is 11.8 Å². The lowest BCUT2D eigenvalue weighted by Gasteiger charge is -2.28. The van der Waals surface area contributed by atoms with Crippen LogP contribution in [0.3, 0.4) is 0 Å². The van der Waals surface area contributed by atoms with Gasteiger partial charge in [-0.2, -0.15) is 0 Å². The van der Waals surface area contributed by atoms with E-state index in [2.05, 4.69) is 10.6 Å². The Bertz CT molecular complexity index is 540. The molecule has 0 radical (unpaired) electrons. The maximum atomic E-state index is 12.8. The van der Waals surface area contributed by atoms with Crippen molar-refractivity contribution < 1.29 is 14.3 Å². The summed E-state index contributed by atoms with van der Waals surface area (Å²) in [5.74, 6) is 0.234. The standard InChI is InChI=1S/C17H22N2O3/c20-15-9-17(12-19-15,14-6-2-1-3-7-14)16(21)18-10-13-5-4-8-22-11-13/h1-3,6-7,13H,4-5,8-12H2,(H,18,21)(H,19,20)/t13-,17-/m0/s1. The lowest BCUT2D eigenvalue weighted by molar-refractivity contribution is -0.128. The van der Waals surface area contributed by atoms with Crippen molar-refractivity contribution in [2.45, 2.75) is 24.7 Å². The molecule has 0 saturated carbocycles. The Morgan fingerprint density at radius 2 is 2.18 bits per heavy atom. The largest absolute Gasteiger partial charge is 0.381 e. The zero-order valence-corrected chi connectivity index (χ0v) is 12.6. The molecule has 0 unspecified atom stereocenters. The van der Waals surface area contributed by atoms with Crippen molar-refractivity contribution in [1.82, 2.24) is 10.6 Å². The zero-order valence-electron chi connectivity index (χ0n) is 12.6. The second-order valence-corrected chi connectivity index (χ2v) is 6.19. The van der Waals surface area contributed by atoms with Crippen molar-refractivity contribution >= 4 is 11.8 Å². The molecule has 5 nitrogen and oxygen atoms in total. The van der Waals surface area contributed by atoms with Crippen LogP contribution >= 0.6 is 0 Å². The summed E-state index contributed by atoms with van der Waals surface area (Å²) < 4.78 is 5.45. The number of nitrogens with one attached hydrogen (secondary N) is 2. The molecule has 2 aliphatic heterocycles. The number of rotatable bonds is 4. The first-order valence-electron chi connectivity index (χ1n) is 7.89. The first-order chi connectivity index (χ1) is 10.7. The first-order valence-corrected chi connectivity index (χ1v) is 7.89. The van der Waals surface area contributed by atoms with Crippen molar-refractivity contribution in [2.24, 2.45) is 5.92 Å². The van der Waals surface area contributed by atoms with Gasteiger partial charge >= 0.3 is 0 Å². The lowest BCUT2D eigenvalue weighted by Crippen LogP contribution is -2.47. The minimum absolute atomic E-state index is 0.0670. The van der Waals surface area contributed by atoms with Crippen molar-refractivity contribution in [3.63, 3.8) is 0 Å². The first kappa shape index (κ1) is 15.0. The van der Waals surface area contributed by atoms with Crippen molar-refractivity contribution in [1.29, 1.82) is 0 Å². The molecule has 0 bridgehead atoms. The van der Waals surface area contributed by atoms with Gasteiger partial charge in [0.05, 0.1) is 12.0 Å². The molecule has 2 N–H and O–H groups in total. The number of hydrogen-bond donors (Lipinski definition) is 2. The summed E-state index contributed by atoms with van der Waals surface area (Å²) >= 11 is 0. The molecule has 0 spiro atoms. The highest BCUT2D eigenvalue weighted by molar-refractivity contribution is 5.97. The fourth-order valence-electron chi connectivity index (χ4n) is 3.28. The Balaban J connectivity index is 1.72. The third-order valence-electron chi connectivity index (χ3n) is 4.62. The van der Waals surface area contributed by atoms with E-state index in [0.29, 0.717) is 25.6 Å². The SMILES string of the molecule is O=C1C[C@@](C(=O)NC[C@@H]2CCCOC2)(c2ccccc2)CN1. The van der Waals surface area contributed by atoms with Crippen LogP contribution in [0.15, 0.2) is 30.3 Å². The van der Waals surface area contributed by atoms with E-state index in [4.69, 9.17) is 4.74 Å². The highest BCUT2D eigenvalue weighted by atomic mass is 16.5. The van der Waals surface area contributed by atoms with Gasteiger partial charge in [0, 0.05) is 26.1 Å². The third-order valence-corrected chi connectivity index (χ3v) is 4.62. The highest BCUT2D eigenvalue weighted by Crippen LogP contribution is 2.31. The van der Waals surface area contributed by atoms with E-state index in [-0.39, 0.29) is 18.2 Å². The van der Waals surface area contributed by atoms with E-state index in [1.807, 2.05) is 30.3 Å². The third kappa shape index (κ3) is 2.99. The van der Waals surface area contributed by atoms with Gasteiger partial charge in [0.15, 0.2) is 0 Å². The van der Waals surface area contributed by atoms with Crippen LogP contribution in [-0.2, 0) is 19.7 Å². The molecule has 2 aliphatic rings. The summed E-state index contributed by atoms with van der Waals surface area (Å²) in [4.78, 5) is 24.5. The summed E-state index contributed by atoms with van der Waals surface area (Å²) in [5, 5.41) is 5.85. The van der Waals surface area contributed by atoms with Gasteiger partial charge in [-0.3, -0.25) is 9.59 Å². The molecule has 1 aromatic carbocycles. The molecule has 2 heterocycles. The van der Waals surface area contributed by atoms with Crippen LogP contribution in [0.25, 0.3) is 0 Å². The Hall–Kier alpha value is -1.88. The fourth-order valence-corrected chi connectivity index (χ4v) is 3.28. The van der Waals surface area contributed by atoms with Gasteiger partial charge in [-0.05, 0) is 24.3 Å². The normalized spacial score (nSPS) is 28.2. The van der Waals surface area contributed by atoms with E-state index in [1.54, 1.807) is 0 Å². The molecule has 0 aromatic heterocycles. The smallest absolute Gasteiger partial charge is 0.233 e. The van der Waals surface area contributed by atoms with Crippen LogP contribution < -0.4 is 10.6 Å². The summed E-state index contributed by atoms with van der Waals surface area (Å²) in [6.07, 6.45) is 2.34. The second kappa shape index (κ2) is 6.48. The predicted molar refractivity (Wildman–Crippen MR) is 82.3 cm³/mol. The van der Waals surface area contributed by atoms with E-state index in [9.17, 15) is 9.59 Å². The van der Waals surface area contributed by atoms with Gasteiger partial charge < -0.3 is 15.4 Å². The topological polar surface area (TPSA) is 67.4 Å². The van der Waals surface area contributed by atoms with Crippen molar-refractivity contribution in [3.05, 3.63) is 35.9 Å². The molecule has 118 valence electrons. The second-order valence-electron chi connectivity index (χ2n) is 6.19. The average molecular weight is 302 g/mol. The molecule has 5 heteroatoms. The van der Waals surface area contributed by atoms with Gasteiger partial charge in [-0.15, -0.1) is 0 Å². The predicted octanol–water partition coefficient (Wildman–Crippen LogP) is 0.987. The summed E-state index contributed by atoms with van der Waals surface area (Å²) in [5.41, 5.74) is 0.110. The quantitative estimate of drug-likeness (QED) is 0.871. The van der Waals surface area contributed by atoms with Crippen molar-refractivity contribution in [2.75, 3.05) is 26.3 Å². The van der Waals surface area contributed by atoms with E-state index in [1.165, 1.54) is 0 Å². The monoisotopic (exact) mass is 302 g/mol. The highest BCUT2D eigenvalue weighted by Gasteiger charge is 2.46. The van der Waals surface area contributed by atoms with Crippen LogP contribution in [0.5, 0.6) is 0 Å². The average Bonchev–Trinajstić information content (AvgIpc) is 2.98. The Labute approximate surface area is 130 Å². The molecule has 0 aliphatic carbocycles. The van der Waals surface area contributed by atoms with E-state index >= 15 is 0 Å². The fraction of sp³-hybridized carbons (Fsp3) is 0.529. The lowest BCUT2D eigenvalue weighted by atomic mass is 9.78. The van der Waals surface area contributed by atoms with Gasteiger partial charge in [0.25, 0.3) is 0 Å². The van der Waals surface area contributed by atoms with Crippen LogP contribution in [0.2, 0.25) is 0 Å². The minimum atomic E-state index is -0.784. The number of carbonyl (C=O) groups is 2. The van der Waals surface area contributed by atoms with E-state index in [0.717, 1.165) is 25.0 Å². The molecular formula is C17H22N2O3. The van der Waals surface area contributed by atoms with Gasteiger partial charge in [0.1, 0.15) is 0 Å². The number of amides is 2. The van der Waals surface area contributed by atoms with E-state index < -0.39 is 5.41 Å². The Kier molecular flexibility index (Phi) is 4.43. The molecule has 2 fully saturated rings. The maximum Gasteiger partial charge on any atom is 0.233 e. The molecule has 2 saturated heterocycles. The number of ether oxygens (including phenoxy) is 1. The molecule has 2 amide bonds. The number of carbonyl (C=O) groups excluding carboxylic acids is 2. The molecule has 22 heavy (non-hydrogen) atoms. The van der Waals surface area contributed by atoms with Crippen LogP contribution in [-0.4, -0.2) is 38.1 Å². The van der Waals surface area contributed by atoms with Gasteiger partial charge in [-0.25, -0.2) is 0 Å². The molecular weight excluding hydrogens is 280 g/mol. The number of benzene rings is 1. The van der Waals surface area contributed by atoms with Crippen LogP contribution in [0.4, 0.5) is 0 Å². The zero-order chi connectivity index (χ0) is 15.4. The number of hydrogen-bond acceptors (Lipinski definition) is 3. The molecule has 3 rings (SSSR count). The Morgan fingerprint density at radius 3 is 2.82 bits per heavy atom. The summed E-state index contributed by atoms with van der Waals surface area (Å²) in [6.45, 7) is 2.50. The summed E-state index contributed by atoms with van der Waals surface area (Å²) in [6, 6.07) is 9.57. The molecule has 1 aromatic rings. The van der Waals surface area contributed by atoms with Crippen molar-refractivity contribution in [3.8, 4) is 0 Å². The molecule has 2 atom stereocenters.